The molecule has 0 heterocycles. The predicted octanol–water partition coefficient (Wildman–Crippen LogP) is 4.70. The Morgan fingerprint density at radius 3 is 2.22 bits per heavy atom. The van der Waals surface area contributed by atoms with Crippen LogP contribution >= 0.6 is 8.20 Å². The van der Waals surface area contributed by atoms with Crippen molar-refractivity contribution in [3.63, 3.8) is 0 Å². The van der Waals surface area contributed by atoms with E-state index in [4.69, 9.17) is 5.84 Å². The molecule has 0 spiro atoms. The Labute approximate surface area is 115 Å². The molecule has 0 aliphatic heterocycles. The molecule has 0 aromatic heterocycles. The van der Waals surface area contributed by atoms with E-state index in [9.17, 15) is 0 Å². The first-order valence-electron chi connectivity index (χ1n) is 7.32. The van der Waals surface area contributed by atoms with E-state index in [1.54, 1.807) is 0 Å². The minimum Gasteiger partial charge on any atom is -0.323 e. The minimum absolute atomic E-state index is 0.795. The third-order valence-electron chi connectivity index (χ3n) is 2.94. The van der Waals surface area contributed by atoms with Gasteiger partial charge in [-0.15, -0.1) is 0 Å². The highest BCUT2D eigenvalue weighted by Crippen LogP contribution is 2.14. The second-order valence-corrected chi connectivity index (χ2v) is 7.16. The zero-order valence-electron chi connectivity index (χ0n) is 12.7. The minimum atomic E-state index is 0.795. The molecule has 0 saturated carbocycles. The summed E-state index contributed by atoms with van der Waals surface area (Å²) < 4.78 is 0. The fraction of sp³-hybridized carbons (Fsp3) is 0.867. The second kappa shape index (κ2) is 11.7. The fourth-order valence-corrected chi connectivity index (χ4v) is 2.98. The number of nitrogens with two attached hydrogens (primary N) is 1. The Bertz CT molecular complexity index is 245. The Balaban J connectivity index is 3.85. The Kier molecular flexibility index (Phi) is 11.5. The smallest absolute Gasteiger partial charge is 0.0540 e. The highest BCUT2D eigenvalue weighted by Gasteiger charge is 1.99. The van der Waals surface area contributed by atoms with E-state index >= 15 is 0 Å². The SMILES string of the molecule is CC(C)CCCCP=C(C=NN)CCCC(C)C. The lowest BCUT2D eigenvalue weighted by molar-refractivity contribution is 0.551. The van der Waals surface area contributed by atoms with Crippen LogP contribution < -0.4 is 5.84 Å². The van der Waals surface area contributed by atoms with E-state index in [1.807, 2.05) is 6.21 Å². The molecule has 0 atom stereocenters. The van der Waals surface area contributed by atoms with E-state index < -0.39 is 0 Å². The van der Waals surface area contributed by atoms with Gasteiger partial charge in [-0.2, -0.15) is 5.10 Å². The summed E-state index contributed by atoms with van der Waals surface area (Å²) in [4.78, 5) is 0. The number of hydrogen-bond donors (Lipinski definition) is 1. The molecular weight excluding hydrogens is 239 g/mol. The molecule has 0 amide bonds. The van der Waals surface area contributed by atoms with Gasteiger partial charge in [-0.3, -0.25) is 0 Å². The van der Waals surface area contributed by atoms with Crippen molar-refractivity contribution >= 4 is 19.7 Å². The van der Waals surface area contributed by atoms with Crippen molar-refractivity contribution in [3.05, 3.63) is 0 Å². The molecule has 3 heteroatoms. The summed E-state index contributed by atoms with van der Waals surface area (Å²) in [5.74, 6) is 6.91. The number of rotatable bonds is 10. The molecule has 106 valence electrons. The normalized spacial score (nSPS) is 13.1. The van der Waals surface area contributed by atoms with Crippen LogP contribution in [0.2, 0.25) is 0 Å². The first kappa shape index (κ1) is 17.6. The molecule has 18 heavy (non-hydrogen) atoms. The van der Waals surface area contributed by atoms with Gasteiger partial charge in [0.05, 0.1) is 6.21 Å². The molecule has 0 fully saturated rings. The van der Waals surface area contributed by atoms with E-state index in [0.717, 1.165) is 18.3 Å². The summed E-state index contributed by atoms with van der Waals surface area (Å²) in [5.41, 5.74) is 0. The van der Waals surface area contributed by atoms with Gasteiger partial charge in [-0.05, 0) is 42.6 Å². The van der Waals surface area contributed by atoms with Gasteiger partial charge in [0, 0.05) is 0 Å². The lowest BCUT2D eigenvalue weighted by atomic mass is 10.1. The third kappa shape index (κ3) is 12.1. The molecule has 0 aromatic rings. The van der Waals surface area contributed by atoms with Crippen LogP contribution in [0, 0.1) is 11.8 Å². The summed E-state index contributed by atoms with van der Waals surface area (Å²) in [5, 5.41) is 5.10. The van der Waals surface area contributed by atoms with Crippen LogP contribution in [0.25, 0.3) is 0 Å². The van der Waals surface area contributed by atoms with Crippen LogP contribution in [-0.4, -0.2) is 17.7 Å². The standard InChI is InChI=1S/C15H31N2P/c1-13(2)8-5-6-11-18-15(12-17-16)10-7-9-14(3)4/h12-14H,5-11,16H2,1-4H3. The molecule has 0 saturated heterocycles. The van der Waals surface area contributed by atoms with Crippen LogP contribution in [0.5, 0.6) is 0 Å². The Morgan fingerprint density at radius 2 is 1.67 bits per heavy atom. The monoisotopic (exact) mass is 270 g/mol. The van der Waals surface area contributed by atoms with Gasteiger partial charge in [0.25, 0.3) is 0 Å². The zero-order valence-corrected chi connectivity index (χ0v) is 13.5. The lowest BCUT2D eigenvalue weighted by Gasteiger charge is -2.05. The molecular formula is C15H31N2P. The van der Waals surface area contributed by atoms with Gasteiger partial charge in [0.2, 0.25) is 0 Å². The van der Waals surface area contributed by atoms with Crippen molar-refractivity contribution in [2.75, 3.05) is 6.16 Å². The summed E-state index contributed by atoms with van der Waals surface area (Å²) in [6, 6.07) is 0. The van der Waals surface area contributed by atoms with Crippen LogP contribution in [-0.2, 0) is 0 Å². The summed E-state index contributed by atoms with van der Waals surface area (Å²) >= 11 is 0. The second-order valence-electron chi connectivity index (χ2n) is 5.83. The Morgan fingerprint density at radius 1 is 1.06 bits per heavy atom. The van der Waals surface area contributed by atoms with Gasteiger partial charge in [0.15, 0.2) is 0 Å². The highest BCUT2D eigenvalue weighted by atomic mass is 31.1. The number of hydrogen-bond acceptors (Lipinski definition) is 2. The summed E-state index contributed by atoms with van der Waals surface area (Å²) in [7, 11) is 1.43. The molecule has 0 aliphatic rings. The molecule has 0 bridgehead atoms. The van der Waals surface area contributed by atoms with Crippen LogP contribution in [0.1, 0.15) is 66.2 Å². The number of nitrogens with zero attached hydrogens (tertiary/aromatic N) is 1. The maximum atomic E-state index is 5.28. The van der Waals surface area contributed by atoms with Crippen LogP contribution in [0.4, 0.5) is 0 Å². The number of hydrazone groups is 1. The van der Waals surface area contributed by atoms with Crippen LogP contribution in [0.3, 0.4) is 0 Å². The summed E-state index contributed by atoms with van der Waals surface area (Å²) in [6.45, 7) is 9.14. The molecule has 0 unspecified atom stereocenters. The molecule has 0 aliphatic carbocycles. The quantitative estimate of drug-likeness (QED) is 0.202. The van der Waals surface area contributed by atoms with E-state index in [-0.39, 0.29) is 0 Å². The largest absolute Gasteiger partial charge is 0.323 e. The van der Waals surface area contributed by atoms with Gasteiger partial charge in [-0.1, -0.05) is 55.2 Å². The topological polar surface area (TPSA) is 38.4 Å². The zero-order chi connectivity index (χ0) is 13.8. The average Bonchev–Trinajstić information content (AvgIpc) is 2.27. The third-order valence-corrected chi connectivity index (χ3v) is 4.23. The Hall–Kier alpha value is -0.360. The average molecular weight is 270 g/mol. The van der Waals surface area contributed by atoms with Crippen molar-refractivity contribution in [1.82, 2.24) is 0 Å². The van der Waals surface area contributed by atoms with Gasteiger partial charge >= 0.3 is 0 Å². The van der Waals surface area contributed by atoms with E-state index in [2.05, 4.69) is 32.8 Å². The predicted molar refractivity (Wildman–Crippen MR) is 86.9 cm³/mol. The summed E-state index contributed by atoms with van der Waals surface area (Å²) in [6.07, 6.45) is 10.9. The van der Waals surface area contributed by atoms with Crippen molar-refractivity contribution in [3.8, 4) is 0 Å². The maximum Gasteiger partial charge on any atom is 0.0540 e. The van der Waals surface area contributed by atoms with Crippen molar-refractivity contribution in [2.45, 2.75) is 66.2 Å². The maximum absolute atomic E-state index is 5.28. The first-order valence-corrected chi connectivity index (χ1v) is 8.40. The van der Waals surface area contributed by atoms with E-state index in [1.165, 1.54) is 51.8 Å². The molecule has 2 N–H and O–H groups in total. The van der Waals surface area contributed by atoms with Crippen LogP contribution in [0.15, 0.2) is 5.10 Å². The molecule has 2 nitrogen and oxygen atoms in total. The lowest BCUT2D eigenvalue weighted by Crippen LogP contribution is -2.01. The van der Waals surface area contributed by atoms with Gasteiger partial charge in [0.1, 0.15) is 0 Å². The van der Waals surface area contributed by atoms with Crippen molar-refractivity contribution < 1.29 is 0 Å². The first-order chi connectivity index (χ1) is 8.56. The van der Waals surface area contributed by atoms with Gasteiger partial charge < -0.3 is 5.84 Å². The van der Waals surface area contributed by atoms with Crippen molar-refractivity contribution in [1.29, 1.82) is 0 Å². The number of unbranched alkanes of at least 4 members (excludes halogenated alkanes) is 1. The molecule has 0 aromatic carbocycles. The van der Waals surface area contributed by atoms with E-state index in [0.29, 0.717) is 0 Å². The molecule has 0 rings (SSSR count). The highest BCUT2D eigenvalue weighted by molar-refractivity contribution is 7.43. The van der Waals surface area contributed by atoms with Crippen molar-refractivity contribution in [2.24, 2.45) is 22.8 Å². The fourth-order valence-electron chi connectivity index (χ4n) is 1.85. The molecule has 0 radical (unpaired) electrons. The van der Waals surface area contributed by atoms with Gasteiger partial charge in [-0.25, -0.2) is 0 Å².